The lowest BCUT2D eigenvalue weighted by Crippen LogP contribution is -2.41. The Morgan fingerprint density at radius 2 is 1.73 bits per heavy atom. The Morgan fingerprint density at radius 3 is 2.47 bits per heavy atom. The molecule has 1 aliphatic carbocycles. The van der Waals surface area contributed by atoms with Gasteiger partial charge < -0.3 is 15.5 Å². The number of anilines is 2. The zero-order chi connectivity index (χ0) is 20.6. The molecular weight excluding hydrogens is 372 g/mol. The zero-order valence-electron chi connectivity index (χ0n) is 16.5. The molecule has 1 unspecified atom stereocenters. The molecule has 148 valence electrons. The maximum atomic E-state index is 12.8. The molecule has 0 aromatic heterocycles. The molecule has 0 spiro atoms. The van der Waals surface area contributed by atoms with Crippen LogP contribution in [0.1, 0.15) is 16.8 Å². The second-order valence-corrected chi connectivity index (χ2v) is 8.11. The molecule has 2 aliphatic rings. The Morgan fingerprint density at radius 1 is 1.00 bits per heavy atom. The van der Waals surface area contributed by atoms with Gasteiger partial charge in [-0.2, -0.15) is 5.26 Å². The van der Waals surface area contributed by atoms with E-state index >= 15 is 0 Å². The third-order valence-corrected chi connectivity index (χ3v) is 6.09. The van der Waals surface area contributed by atoms with E-state index in [4.69, 9.17) is 5.26 Å². The number of piperidine rings is 1. The average Bonchev–Trinajstić information content (AvgIpc) is 3.33. The smallest absolute Gasteiger partial charge is 0.251 e. The number of carbonyl (C=O) groups excluding carboxylic acids is 1. The number of nitrogens with zero attached hydrogens (tertiary/aromatic N) is 2. The molecule has 5 rings (SSSR count). The van der Waals surface area contributed by atoms with Gasteiger partial charge in [0.25, 0.3) is 5.91 Å². The molecule has 1 saturated carbocycles. The van der Waals surface area contributed by atoms with Crippen molar-refractivity contribution in [3.8, 4) is 17.3 Å². The Bertz CT molecular complexity index is 1120. The highest BCUT2D eigenvalue weighted by Gasteiger charge is 2.61. The summed E-state index contributed by atoms with van der Waals surface area (Å²) in [5.74, 6) is 0.329. The van der Waals surface area contributed by atoms with E-state index in [1.807, 2.05) is 66.7 Å². The number of carbonyl (C=O) groups is 1. The van der Waals surface area contributed by atoms with E-state index in [0.717, 1.165) is 35.5 Å². The largest absolute Gasteiger partial charge is 0.355 e. The van der Waals surface area contributed by atoms with Crippen molar-refractivity contribution in [3.63, 3.8) is 0 Å². The van der Waals surface area contributed by atoms with Crippen LogP contribution >= 0.6 is 0 Å². The summed E-state index contributed by atoms with van der Waals surface area (Å²) >= 11 is 0. The normalized spacial score (nSPS) is 21.4. The van der Waals surface area contributed by atoms with Gasteiger partial charge in [-0.3, -0.25) is 4.79 Å². The van der Waals surface area contributed by atoms with E-state index < -0.39 is 0 Å². The second kappa shape index (κ2) is 7.23. The third kappa shape index (κ3) is 3.37. The maximum Gasteiger partial charge on any atom is 0.251 e. The monoisotopic (exact) mass is 394 g/mol. The van der Waals surface area contributed by atoms with Crippen molar-refractivity contribution in [3.05, 3.63) is 84.4 Å². The molecule has 3 aromatic rings. The lowest BCUT2D eigenvalue weighted by Gasteiger charge is -2.17. The standard InChI is InChI=1S/C25H22N4O/c26-17-29-15-20-14-25(20,16-29)28-24(30)19-12-10-18(11-13-19)22-8-4-5-9-23(22)27-21-6-2-1-3-7-21/h1-13,20,27H,14-16H2,(H,28,30)/t20?,25-/m0/s1. The number of nitriles is 1. The molecule has 1 aliphatic heterocycles. The number of nitrogens with one attached hydrogen (secondary N) is 2. The summed E-state index contributed by atoms with van der Waals surface area (Å²) in [5, 5.41) is 15.7. The topological polar surface area (TPSA) is 68.2 Å². The lowest BCUT2D eigenvalue weighted by molar-refractivity contribution is 0.0929. The average molecular weight is 394 g/mol. The van der Waals surface area contributed by atoms with Crippen LogP contribution in [0.2, 0.25) is 0 Å². The molecule has 2 atom stereocenters. The fourth-order valence-electron chi connectivity index (χ4n) is 4.37. The van der Waals surface area contributed by atoms with Gasteiger partial charge in [0, 0.05) is 35.0 Å². The van der Waals surface area contributed by atoms with E-state index in [-0.39, 0.29) is 11.4 Å². The van der Waals surface area contributed by atoms with Crippen molar-refractivity contribution in [2.75, 3.05) is 18.4 Å². The lowest BCUT2D eigenvalue weighted by atomic mass is 10.0. The molecule has 3 aromatic carbocycles. The Hall–Kier alpha value is -3.78. The van der Waals surface area contributed by atoms with E-state index in [1.54, 1.807) is 4.90 Å². The zero-order valence-corrected chi connectivity index (χ0v) is 16.5. The molecule has 5 heteroatoms. The van der Waals surface area contributed by atoms with Gasteiger partial charge >= 0.3 is 0 Å². The molecular formula is C25H22N4O. The van der Waals surface area contributed by atoms with Crippen molar-refractivity contribution in [1.29, 1.82) is 5.26 Å². The quantitative estimate of drug-likeness (QED) is 0.630. The molecule has 2 N–H and O–H groups in total. The summed E-state index contributed by atoms with van der Waals surface area (Å²) in [4.78, 5) is 14.5. The first-order valence-corrected chi connectivity index (χ1v) is 10.2. The van der Waals surface area contributed by atoms with Gasteiger partial charge in [-0.05, 0) is 42.3 Å². The number of hydrogen-bond acceptors (Lipinski definition) is 4. The highest BCUT2D eigenvalue weighted by molar-refractivity contribution is 5.96. The summed E-state index contributed by atoms with van der Waals surface area (Å²) in [6, 6.07) is 25.9. The molecule has 5 nitrogen and oxygen atoms in total. The fourth-order valence-corrected chi connectivity index (χ4v) is 4.37. The number of fused-ring (bicyclic) bond motifs is 1. The third-order valence-electron chi connectivity index (χ3n) is 6.09. The minimum absolute atomic E-state index is 0.0699. The second-order valence-electron chi connectivity index (χ2n) is 8.11. The van der Waals surface area contributed by atoms with Crippen molar-refractivity contribution in [1.82, 2.24) is 10.2 Å². The van der Waals surface area contributed by atoms with E-state index in [0.29, 0.717) is 18.0 Å². The van der Waals surface area contributed by atoms with E-state index in [1.165, 1.54) is 0 Å². The van der Waals surface area contributed by atoms with Crippen LogP contribution in [-0.4, -0.2) is 29.4 Å². The fraction of sp³-hybridized carbons (Fsp3) is 0.200. The summed E-state index contributed by atoms with van der Waals surface area (Å²) < 4.78 is 0. The van der Waals surface area contributed by atoms with E-state index in [2.05, 4.69) is 29.0 Å². The highest BCUT2D eigenvalue weighted by Crippen LogP contribution is 2.49. The predicted octanol–water partition coefficient (Wildman–Crippen LogP) is 4.38. The van der Waals surface area contributed by atoms with Gasteiger partial charge in [-0.15, -0.1) is 0 Å². The number of amides is 1. The van der Waals surface area contributed by atoms with Crippen molar-refractivity contribution in [2.45, 2.75) is 12.0 Å². The summed E-state index contributed by atoms with van der Waals surface area (Å²) in [6.45, 7) is 1.37. The van der Waals surface area contributed by atoms with Crippen molar-refractivity contribution >= 4 is 17.3 Å². The van der Waals surface area contributed by atoms with Crippen LogP contribution in [-0.2, 0) is 0 Å². The number of rotatable bonds is 5. The summed E-state index contributed by atoms with van der Waals surface area (Å²) in [6.07, 6.45) is 3.15. The van der Waals surface area contributed by atoms with Crippen molar-refractivity contribution in [2.24, 2.45) is 5.92 Å². The summed E-state index contributed by atoms with van der Waals surface area (Å²) in [7, 11) is 0. The minimum Gasteiger partial charge on any atom is -0.355 e. The van der Waals surface area contributed by atoms with Gasteiger partial charge in [0.1, 0.15) is 0 Å². The van der Waals surface area contributed by atoms with Gasteiger partial charge in [0.15, 0.2) is 6.19 Å². The Balaban J connectivity index is 1.32. The van der Waals surface area contributed by atoms with Crippen LogP contribution in [0.15, 0.2) is 78.9 Å². The first-order chi connectivity index (χ1) is 14.7. The SMILES string of the molecule is N#CN1CC2C[C@]2(NC(=O)c2ccc(-c3ccccc3Nc3ccccc3)cc2)C1. The van der Waals surface area contributed by atoms with Gasteiger partial charge in [-0.1, -0.05) is 48.5 Å². The Kier molecular flexibility index (Phi) is 4.40. The molecule has 0 bridgehead atoms. The van der Waals surface area contributed by atoms with Gasteiger partial charge in [0.2, 0.25) is 0 Å². The van der Waals surface area contributed by atoms with Crippen LogP contribution < -0.4 is 10.6 Å². The van der Waals surface area contributed by atoms with Gasteiger partial charge in [-0.25, -0.2) is 0 Å². The molecule has 1 heterocycles. The van der Waals surface area contributed by atoms with Gasteiger partial charge in [0.05, 0.1) is 12.1 Å². The molecule has 30 heavy (non-hydrogen) atoms. The molecule has 1 amide bonds. The summed E-state index contributed by atoms with van der Waals surface area (Å²) in [5.41, 5.74) is 4.60. The molecule has 0 radical (unpaired) electrons. The van der Waals surface area contributed by atoms with Crippen LogP contribution in [0.25, 0.3) is 11.1 Å². The maximum absolute atomic E-state index is 12.8. The first-order valence-electron chi connectivity index (χ1n) is 10.2. The van der Waals surface area contributed by atoms with Crippen LogP contribution in [0.3, 0.4) is 0 Å². The van der Waals surface area contributed by atoms with Crippen molar-refractivity contribution < 1.29 is 4.79 Å². The Labute approximate surface area is 176 Å². The first kappa shape index (κ1) is 18.3. The number of likely N-dealkylation sites (tertiary alicyclic amines) is 1. The van der Waals surface area contributed by atoms with Crippen LogP contribution in [0.4, 0.5) is 11.4 Å². The molecule has 1 saturated heterocycles. The number of benzene rings is 3. The number of hydrogen-bond donors (Lipinski definition) is 2. The van der Waals surface area contributed by atoms with Crippen LogP contribution in [0, 0.1) is 17.4 Å². The molecule has 2 fully saturated rings. The van der Waals surface area contributed by atoms with E-state index in [9.17, 15) is 4.79 Å². The minimum atomic E-state index is -0.211. The predicted molar refractivity (Wildman–Crippen MR) is 117 cm³/mol. The van der Waals surface area contributed by atoms with Crippen LogP contribution in [0.5, 0.6) is 0 Å². The highest BCUT2D eigenvalue weighted by atomic mass is 16.1. The number of para-hydroxylation sites is 2.